The van der Waals surface area contributed by atoms with Crippen molar-refractivity contribution in [3.8, 4) is 0 Å². The predicted molar refractivity (Wildman–Crippen MR) is 54.6 cm³/mol. The van der Waals surface area contributed by atoms with Crippen molar-refractivity contribution in [2.45, 2.75) is 39.7 Å². The summed E-state index contributed by atoms with van der Waals surface area (Å²) in [7, 11) is 0. The normalized spacial score (nSPS) is 27.7. The van der Waals surface area contributed by atoms with Gasteiger partial charge in [0.05, 0.1) is 11.0 Å². The molecule has 0 bridgehead atoms. The van der Waals surface area contributed by atoms with E-state index in [1.54, 1.807) is 0 Å². The van der Waals surface area contributed by atoms with Gasteiger partial charge in [0.1, 0.15) is 0 Å². The minimum Gasteiger partial charge on any atom is -0.316 e. The van der Waals surface area contributed by atoms with Crippen LogP contribution < -0.4 is 10.8 Å². The van der Waals surface area contributed by atoms with Crippen LogP contribution in [-0.2, 0) is 9.63 Å². The molecule has 0 saturated carbocycles. The molecule has 1 fully saturated rings. The van der Waals surface area contributed by atoms with Crippen LogP contribution in [0.15, 0.2) is 0 Å². The van der Waals surface area contributed by atoms with E-state index in [9.17, 15) is 4.79 Å². The monoisotopic (exact) mass is 200 g/mol. The number of nitrogens with one attached hydrogen (secondary N) is 2. The summed E-state index contributed by atoms with van der Waals surface area (Å²) in [6.45, 7) is 9.30. The van der Waals surface area contributed by atoms with E-state index < -0.39 is 0 Å². The first-order chi connectivity index (χ1) is 6.33. The molecule has 82 valence electrons. The Bertz CT molecular complexity index is 215. The summed E-state index contributed by atoms with van der Waals surface area (Å²) in [6, 6.07) is 0. The standard InChI is InChI=1S/C10H20N2O2/c1-9(2,3)14-12-8(13)10(4)5-6-11-7-10/h11H,5-7H2,1-4H3,(H,12,13). The average molecular weight is 200 g/mol. The highest BCUT2D eigenvalue weighted by molar-refractivity contribution is 5.81. The molecule has 2 N–H and O–H groups in total. The van der Waals surface area contributed by atoms with Crippen LogP contribution in [-0.4, -0.2) is 24.6 Å². The van der Waals surface area contributed by atoms with Crippen LogP contribution in [0, 0.1) is 5.41 Å². The van der Waals surface area contributed by atoms with Crippen molar-refractivity contribution in [2.24, 2.45) is 5.41 Å². The molecule has 1 unspecified atom stereocenters. The summed E-state index contributed by atoms with van der Waals surface area (Å²) < 4.78 is 0. The average Bonchev–Trinajstić information content (AvgIpc) is 2.48. The largest absolute Gasteiger partial charge is 0.316 e. The minimum atomic E-state index is -0.335. The molecule has 1 atom stereocenters. The summed E-state index contributed by atoms with van der Waals surface area (Å²) in [4.78, 5) is 17.0. The lowest BCUT2D eigenvalue weighted by atomic mass is 9.89. The second kappa shape index (κ2) is 3.87. The lowest BCUT2D eigenvalue weighted by Crippen LogP contribution is -2.43. The summed E-state index contributed by atoms with van der Waals surface area (Å²) in [5.41, 5.74) is 1.88. The fourth-order valence-electron chi connectivity index (χ4n) is 1.33. The van der Waals surface area contributed by atoms with Crippen LogP contribution >= 0.6 is 0 Å². The first-order valence-corrected chi connectivity index (χ1v) is 5.03. The van der Waals surface area contributed by atoms with Crippen LogP contribution in [0.2, 0.25) is 0 Å². The molecule has 4 nitrogen and oxygen atoms in total. The third-order valence-corrected chi connectivity index (χ3v) is 2.37. The van der Waals surface area contributed by atoms with Gasteiger partial charge in [0.15, 0.2) is 0 Å². The molecule has 0 spiro atoms. The summed E-state index contributed by atoms with van der Waals surface area (Å²) in [6.07, 6.45) is 0.867. The molecular formula is C10H20N2O2. The second-order valence-electron chi connectivity index (χ2n) is 5.13. The Hall–Kier alpha value is -0.610. The van der Waals surface area contributed by atoms with E-state index in [1.807, 2.05) is 27.7 Å². The van der Waals surface area contributed by atoms with Gasteiger partial charge in [-0.05, 0) is 40.7 Å². The van der Waals surface area contributed by atoms with Gasteiger partial charge in [-0.15, -0.1) is 0 Å². The van der Waals surface area contributed by atoms with Gasteiger partial charge in [0.2, 0.25) is 0 Å². The van der Waals surface area contributed by atoms with Crippen molar-refractivity contribution in [1.82, 2.24) is 10.8 Å². The van der Waals surface area contributed by atoms with Gasteiger partial charge in [-0.2, -0.15) is 0 Å². The van der Waals surface area contributed by atoms with Gasteiger partial charge in [-0.25, -0.2) is 5.48 Å². The number of hydrogen-bond acceptors (Lipinski definition) is 3. The van der Waals surface area contributed by atoms with E-state index >= 15 is 0 Å². The topological polar surface area (TPSA) is 50.4 Å². The third-order valence-electron chi connectivity index (χ3n) is 2.37. The highest BCUT2D eigenvalue weighted by Gasteiger charge is 2.36. The molecule has 4 heteroatoms. The van der Waals surface area contributed by atoms with Crippen LogP contribution in [0.3, 0.4) is 0 Å². The molecule has 14 heavy (non-hydrogen) atoms. The molecule has 0 aromatic carbocycles. The van der Waals surface area contributed by atoms with Crippen LogP contribution in [0.4, 0.5) is 0 Å². The molecule has 0 radical (unpaired) electrons. The quantitative estimate of drug-likeness (QED) is 0.649. The van der Waals surface area contributed by atoms with E-state index in [4.69, 9.17) is 4.84 Å². The molecule has 0 aromatic rings. The van der Waals surface area contributed by atoms with Gasteiger partial charge in [-0.1, -0.05) is 0 Å². The number of hydrogen-bond donors (Lipinski definition) is 2. The van der Waals surface area contributed by atoms with Gasteiger partial charge < -0.3 is 5.32 Å². The highest BCUT2D eigenvalue weighted by atomic mass is 16.7. The maximum absolute atomic E-state index is 11.7. The lowest BCUT2D eigenvalue weighted by Gasteiger charge is -2.25. The molecule has 0 aromatic heterocycles. The SMILES string of the molecule is CC(C)(C)ONC(=O)C1(C)CCNC1. The number of carbonyl (C=O) groups excluding carboxylic acids is 1. The van der Waals surface area contributed by atoms with E-state index in [2.05, 4.69) is 10.8 Å². The fourth-order valence-corrected chi connectivity index (χ4v) is 1.33. The predicted octanol–water partition coefficient (Wildman–Crippen LogP) is 0.832. The van der Waals surface area contributed by atoms with Gasteiger partial charge in [0, 0.05) is 6.54 Å². The number of hydroxylamine groups is 1. The molecule has 1 heterocycles. The van der Waals surface area contributed by atoms with Gasteiger partial charge >= 0.3 is 0 Å². The van der Waals surface area contributed by atoms with E-state index in [0.717, 1.165) is 19.5 Å². The summed E-state index contributed by atoms with van der Waals surface area (Å²) in [5.74, 6) is -0.0302. The summed E-state index contributed by atoms with van der Waals surface area (Å²) in [5, 5.41) is 3.17. The van der Waals surface area contributed by atoms with E-state index in [-0.39, 0.29) is 16.9 Å². The van der Waals surface area contributed by atoms with Crippen LogP contribution in [0.25, 0.3) is 0 Å². The zero-order chi connectivity index (χ0) is 10.8. The Morgan fingerprint density at radius 1 is 1.50 bits per heavy atom. The Morgan fingerprint density at radius 2 is 2.14 bits per heavy atom. The minimum absolute atomic E-state index is 0.0302. The lowest BCUT2D eigenvalue weighted by molar-refractivity contribution is -0.154. The van der Waals surface area contributed by atoms with E-state index in [0.29, 0.717) is 0 Å². The highest BCUT2D eigenvalue weighted by Crippen LogP contribution is 2.24. The van der Waals surface area contributed by atoms with E-state index in [1.165, 1.54) is 0 Å². The Labute approximate surface area is 85.3 Å². The molecule has 1 amide bonds. The third kappa shape index (κ3) is 2.96. The molecule has 1 rings (SSSR count). The van der Waals surface area contributed by atoms with Crippen molar-refractivity contribution >= 4 is 5.91 Å². The van der Waals surface area contributed by atoms with Crippen LogP contribution in [0.1, 0.15) is 34.1 Å². The molecule has 1 aliphatic heterocycles. The Kier molecular flexibility index (Phi) is 3.17. The smallest absolute Gasteiger partial charge is 0.250 e. The zero-order valence-corrected chi connectivity index (χ0v) is 9.44. The van der Waals surface area contributed by atoms with Crippen LogP contribution in [0.5, 0.6) is 0 Å². The van der Waals surface area contributed by atoms with Crippen molar-refractivity contribution in [3.05, 3.63) is 0 Å². The van der Waals surface area contributed by atoms with Crippen molar-refractivity contribution in [2.75, 3.05) is 13.1 Å². The maximum atomic E-state index is 11.7. The zero-order valence-electron chi connectivity index (χ0n) is 9.44. The molecule has 1 saturated heterocycles. The molecule has 1 aliphatic rings. The first-order valence-electron chi connectivity index (χ1n) is 5.03. The fraction of sp³-hybridized carbons (Fsp3) is 0.900. The second-order valence-corrected chi connectivity index (χ2v) is 5.13. The number of amides is 1. The van der Waals surface area contributed by atoms with Crippen molar-refractivity contribution in [3.63, 3.8) is 0 Å². The molecule has 0 aliphatic carbocycles. The van der Waals surface area contributed by atoms with Crippen molar-refractivity contribution in [1.29, 1.82) is 0 Å². The maximum Gasteiger partial charge on any atom is 0.250 e. The Morgan fingerprint density at radius 3 is 2.57 bits per heavy atom. The van der Waals surface area contributed by atoms with Crippen molar-refractivity contribution < 1.29 is 9.63 Å². The number of rotatable bonds is 2. The Balaban J connectivity index is 2.42. The molecular weight excluding hydrogens is 180 g/mol. The van der Waals surface area contributed by atoms with Gasteiger partial charge in [-0.3, -0.25) is 9.63 Å². The number of carbonyl (C=O) groups is 1. The summed E-state index contributed by atoms with van der Waals surface area (Å²) >= 11 is 0. The van der Waals surface area contributed by atoms with Gasteiger partial charge in [0.25, 0.3) is 5.91 Å². The first kappa shape index (κ1) is 11.5.